The average Bonchev–Trinajstić information content (AvgIpc) is 2.38. The summed E-state index contributed by atoms with van der Waals surface area (Å²) in [5, 5.41) is 3.41. The van der Waals surface area contributed by atoms with Crippen LogP contribution in [0.2, 0.25) is 20.2 Å². The Morgan fingerprint density at radius 3 is 2.40 bits per heavy atom. The van der Waals surface area contributed by atoms with Crippen molar-refractivity contribution >= 4 is 63.7 Å². The van der Waals surface area contributed by atoms with E-state index in [1.807, 2.05) is 0 Å². The molecule has 1 heterocycles. The number of carbonyl (C=O) groups is 1. The number of hydrogen-bond acceptors (Lipinski definition) is 3. The van der Waals surface area contributed by atoms with Gasteiger partial charge < -0.3 is 11.1 Å². The molecule has 0 atom stereocenters. The van der Waals surface area contributed by atoms with Gasteiger partial charge in [-0.2, -0.15) is 0 Å². The summed E-state index contributed by atoms with van der Waals surface area (Å²) in [7, 11) is 0. The van der Waals surface area contributed by atoms with Gasteiger partial charge in [0.1, 0.15) is 5.15 Å². The number of rotatable bonds is 2. The molecule has 0 saturated heterocycles. The van der Waals surface area contributed by atoms with Crippen LogP contribution in [-0.2, 0) is 0 Å². The zero-order valence-electron chi connectivity index (χ0n) is 9.75. The molecule has 1 aromatic carbocycles. The Kier molecular flexibility index (Phi) is 4.60. The van der Waals surface area contributed by atoms with Gasteiger partial charge in [-0.25, -0.2) is 4.98 Å². The Labute approximate surface area is 134 Å². The van der Waals surface area contributed by atoms with Crippen molar-refractivity contribution in [2.24, 2.45) is 0 Å². The van der Waals surface area contributed by atoms with Gasteiger partial charge in [0.15, 0.2) is 0 Å². The molecule has 1 aromatic heterocycles. The van der Waals surface area contributed by atoms with Crippen LogP contribution in [0.3, 0.4) is 0 Å². The third-order valence-corrected chi connectivity index (χ3v) is 3.70. The van der Waals surface area contributed by atoms with Crippen molar-refractivity contribution in [1.29, 1.82) is 0 Å². The van der Waals surface area contributed by atoms with E-state index in [4.69, 9.17) is 52.1 Å². The third-order valence-electron chi connectivity index (χ3n) is 2.36. The zero-order chi connectivity index (χ0) is 14.9. The van der Waals surface area contributed by atoms with Crippen LogP contribution in [-0.4, -0.2) is 10.9 Å². The van der Waals surface area contributed by atoms with Gasteiger partial charge >= 0.3 is 0 Å². The molecule has 2 aromatic rings. The van der Waals surface area contributed by atoms with Gasteiger partial charge in [0, 0.05) is 0 Å². The van der Waals surface area contributed by atoms with Crippen LogP contribution in [0.4, 0.5) is 11.4 Å². The molecule has 8 heteroatoms. The molecule has 4 nitrogen and oxygen atoms in total. The summed E-state index contributed by atoms with van der Waals surface area (Å²) in [4.78, 5) is 15.9. The van der Waals surface area contributed by atoms with E-state index in [-0.39, 0.29) is 20.8 Å². The second-order valence-corrected chi connectivity index (χ2v) is 5.39. The van der Waals surface area contributed by atoms with E-state index >= 15 is 0 Å². The molecule has 0 saturated carbocycles. The van der Waals surface area contributed by atoms with Crippen LogP contribution in [0, 0.1) is 0 Å². The quantitative estimate of drug-likeness (QED) is 0.617. The minimum atomic E-state index is -0.505. The molecular weight excluding hydrogens is 344 g/mol. The molecule has 3 N–H and O–H groups in total. The van der Waals surface area contributed by atoms with E-state index in [1.54, 1.807) is 0 Å². The van der Waals surface area contributed by atoms with Crippen molar-refractivity contribution in [3.05, 3.63) is 50.2 Å². The van der Waals surface area contributed by atoms with Crippen molar-refractivity contribution in [1.82, 2.24) is 4.98 Å². The van der Waals surface area contributed by atoms with Crippen molar-refractivity contribution in [3.63, 3.8) is 0 Å². The number of halogens is 4. The zero-order valence-corrected chi connectivity index (χ0v) is 12.8. The van der Waals surface area contributed by atoms with Gasteiger partial charge in [-0.3, -0.25) is 4.79 Å². The molecule has 0 aliphatic carbocycles. The van der Waals surface area contributed by atoms with E-state index < -0.39 is 5.91 Å². The molecule has 0 aliphatic rings. The topological polar surface area (TPSA) is 68.0 Å². The minimum Gasteiger partial charge on any atom is -0.397 e. The second-order valence-electron chi connectivity index (χ2n) is 3.81. The highest BCUT2D eigenvalue weighted by atomic mass is 35.5. The fraction of sp³-hybridized carbons (Fsp3) is 0. The Hall–Kier alpha value is -1.20. The highest BCUT2D eigenvalue weighted by molar-refractivity contribution is 6.44. The summed E-state index contributed by atoms with van der Waals surface area (Å²) >= 11 is 23.5. The molecule has 20 heavy (non-hydrogen) atoms. The number of nitrogen functional groups attached to an aromatic ring is 1. The molecule has 0 unspecified atom stereocenters. The van der Waals surface area contributed by atoms with E-state index in [1.165, 1.54) is 24.4 Å². The smallest absolute Gasteiger partial charge is 0.258 e. The normalized spacial score (nSPS) is 10.4. The fourth-order valence-electron chi connectivity index (χ4n) is 1.43. The summed E-state index contributed by atoms with van der Waals surface area (Å²) in [6.07, 6.45) is 1.35. The second kappa shape index (κ2) is 6.06. The van der Waals surface area contributed by atoms with Crippen LogP contribution in [0.1, 0.15) is 10.4 Å². The highest BCUT2D eigenvalue weighted by Crippen LogP contribution is 2.32. The molecule has 2 rings (SSSR count). The lowest BCUT2D eigenvalue weighted by Gasteiger charge is -2.09. The van der Waals surface area contributed by atoms with Crippen molar-refractivity contribution in [2.75, 3.05) is 11.1 Å². The average molecular weight is 351 g/mol. The number of benzene rings is 1. The third kappa shape index (κ3) is 3.27. The number of nitrogens with one attached hydrogen (secondary N) is 1. The van der Waals surface area contributed by atoms with Crippen molar-refractivity contribution < 1.29 is 4.79 Å². The molecule has 0 bridgehead atoms. The lowest BCUT2D eigenvalue weighted by molar-refractivity contribution is 0.102. The molecule has 1 amide bonds. The number of carbonyl (C=O) groups excluding carboxylic acids is 1. The lowest BCUT2D eigenvalue weighted by Crippen LogP contribution is -2.14. The summed E-state index contributed by atoms with van der Waals surface area (Å²) in [6.45, 7) is 0. The van der Waals surface area contributed by atoms with E-state index in [0.29, 0.717) is 16.4 Å². The summed E-state index contributed by atoms with van der Waals surface area (Å²) in [5.74, 6) is -0.505. The first-order chi connectivity index (χ1) is 9.38. The molecule has 0 radical (unpaired) electrons. The predicted molar refractivity (Wildman–Crippen MR) is 83.1 cm³/mol. The Balaban J connectivity index is 2.32. The maximum Gasteiger partial charge on any atom is 0.258 e. The maximum atomic E-state index is 12.1. The SMILES string of the molecule is Nc1cnc(Cl)c(C(=O)Nc2cc(Cl)c(Cl)cc2Cl)c1. The maximum absolute atomic E-state index is 12.1. The first-order valence-electron chi connectivity index (χ1n) is 5.25. The Morgan fingerprint density at radius 1 is 1.05 bits per heavy atom. The number of aromatic nitrogens is 1. The largest absolute Gasteiger partial charge is 0.397 e. The fourth-order valence-corrected chi connectivity index (χ4v) is 2.21. The van der Waals surface area contributed by atoms with Gasteiger partial charge in [-0.15, -0.1) is 0 Å². The van der Waals surface area contributed by atoms with Crippen LogP contribution in [0.25, 0.3) is 0 Å². The predicted octanol–water partition coefficient (Wildman–Crippen LogP) is 4.53. The number of pyridine rings is 1. The van der Waals surface area contributed by atoms with Crippen LogP contribution >= 0.6 is 46.4 Å². The number of hydrogen-bond donors (Lipinski definition) is 2. The van der Waals surface area contributed by atoms with Gasteiger partial charge in [-0.05, 0) is 18.2 Å². The highest BCUT2D eigenvalue weighted by Gasteiger charge is 2.15. The molecule has 104 valence electrons. The van der Waals surface area contributed by atoms with E-state index in [9.17, 15) is 4.79 Å². The monoisotopic (exact) mass is 349 g/mol. The number of nitrogens with zero attached hydrogens (tertiary/aromatic N) is 1. The Bertz CT molecular complexity index is 691. The summed E-state index contributed by atoms with van der Waals surface area (Å²) < 4.78 is 0. The van der Waals surface area contributed by atoms with Gasteiger partial charge in [0.25, 0.3) is 5.91 Å². The van der Waals surface area contributed by atoms with Crippen molar-refractivity contribution in [2.45, 2.75) is 0 Å². The van der Waals surface area contributed by atoms with E-state index in [2.05, 4.69) is 10.3 Å². The van der Waals surface area contributed by atoms with Gasteiger partial charge in [-0.1, -0.05) is 46.4 Å². The molecular formula is C12H7Cl4N3O. The Morgan fingerprint density at radius 2 is 1.70 bits per heavy atom. The van der Waals surface area contributed by atoms with Crippen molar-refractivity contribution in [3.8, 4) is 0 Å². The molecule has 0 aliphatic heterocycles. The summed E-state index contributed by atoms with van der Waals surface area (Å²) in [6, 6.07) is 4.29. The van der Waals surface area contributed by atoms with Crippen LogP contribution in [0.5, 0.6) is 0 Å². The first-order valence-corrected chi connectivity index (χ1v) is 6.76. The standard InChI is InChI=1S/C12H7Cl4N3O/c13-7-2-9(15)10(3-8(7)14)19-12(20)6-1-5(17)4-18-11(6)16/h1-4H,17H2,(H,19,20). The van der Waals surface area contributed by atoms with Gasteiger partial charge in [0.05, 0.1) is 38.2 Å². The molecule has 0 spiro atoms. The number of anilines is 2. The molecule has 0 fully saturated rings. The first kappa shape index (κ1) is 15.2. The minimum absolute atomic E-state index is 0.0351. The van der Waals surface area contributed by atoms with Crippen LogP contribution in [0.15, 0.2) is 24.4 Å². The number of amides is 1. The number of nitrogens with two attached hydrogens (primary N) is 1. The van der Waals surface area contributed by atoms with E-state index in [0.717, 1.165) is 0 Å². The van der Waals surface area contributed by atoms with Crippen LogP contribution < -0.4 is 11.1 Å². The van der Waals surface area contributed by atoms with Gasteiger partial charge in [0.2, 0.25) is 0 Å². The lowest BCUT2D eigenvalue weighted by atomic mass is 10.2. The summed E-state index contributed by atoms with van der Waals surface area (Å²) in [5.41, 5.74) is 6.33.